The molecule has 0 aliphatic carbocycles. The van der Waals surface area contributed by atoms with E-state index < -0.39 is 11.8 Å². The summed E-state index contributed by atoms with van der Waals surface area (Å²) in [5.41, 5.74) is 7.40. The Hall–Kier alpha value is -3.91. The highest BCUT2D eigenvalue weighted by Gasteiger charge is 2.20. The summed E-state index contributed by atoms with van der Waals surface area (Å²) in [6, 6.07) is 15.6. The van der Waals surface area contributed by atoms with Crippen LogP contribution in [-0.4, -0.2) is 29.1 Å². The Morgan fingerprint density at radius 3 is 2.42 bits per heavy atom. The van der Waals surface area contributed by atoms with Crippen LogP contribution < -0.4 is 15.6 Å². The van der Waals surface area contributed by atoms with Crippen molar-refractivity contribution in [3.63, 3.8) is 0 Å². The van der Waals surface area contributed by atoms with Crippen molar-refractivity contribution in [3.05, 3.63) is 76.4 Å². The van der Waals surface area contributed by atoms with Crippen molar-refractivity contribution in [2.45, 2.75) is 6.92 Å². The van der Waals surface area contributed by atoms with E-state index in [2.05, 4.69) is 21.0 Å². The van der Waals surface area contributed by atoms with Crippen molar-refractivity contribution < 1.29 is 18.8 Å². The number of benzene rings is 2. The van der Waals surface area contributed by atoms with Crippen molar-refractivity contribution in [3.8, 4) is 17.0 Å². The van der Waals surface area contributed by atoms with E-state index in [1.54, 1.807) is 19.1 Å². The molecule has 0 radical (unpaired) electrons. The molecule has 9 heteroatoms. The Bertz CT molecular complexity index is 1290. The number of fused-ring (bicyclic) bond motifs is 1. The number of hydrogen-bond acceptors (Lipinski definition) is 6. The fourth-order valence-electron chi connectivity index (χ4n) is 3.13. The van der Waals surface area contributed by atoms with Crippen molar-refractivity contribution in [2.75, 3.05) is 7.11 Å². The van der Waals surface area contributed by atoms with Crippen LogP contribution in [0, 0.1) is 6.92 Å². The molecule has 0 unspecified atom stereocenters. The van der Waals surface area contributed by atoms with Gasteiger partial charge < -0.3 is 9.26 Å². The molecule has 2 N–H and O–H groups in total. The maximum Gasteiger partial charge on any atom is 0.273 e. The second-order valence-electron chi connectivity index (χ2n) is 6.62. The van der Waals surface area contributed by atoms with E-state index in [-0.39, 0.29) is 22.6 Å². The Kier molecular flexibility index (Phi) is 5.55. The van der Waals surface area contributed by atoms with Crippen LogP contribution in [0.25, 0.3) is 22.4 Å². The second kappa shape index (κ2) is 8.45. The molecular weight excluding hydrogens is 420 g/mol. The molecule has 4 aromatic rings. The summed E-state index contributed by atoms with van der Waals surface area (Å²) in [5, 5.41) is 4.81. The Labute approximate surface area is 182 Å². The largest absolute Gasteiger partial charge is 0.496 e. The van der Waals surface area contributed by atoms with Crippen molar-refractivity contribution in [1.82, 2.24) is 21.0 Å². The summed E-state index contributed by atoms with van der Waals surface area (Å²) in [6.07, 6.45) is 0. The third kappa shape index (κ3) is 4.06. The van der Waals surface area contributed by atoms with Crippen LogP contribution in [0.1, 0.15) is 26.4 Å². The lowest BCUT2D eigenvalue weighted by Gasteiger charge is -2.11. The van der Waals surface area contributed by atoms with Gasteiger partial charge in [-0.1, -0.05) is 47.1 Å². The number of hydrogen-bond donors (Lipinski definition) is 2. The number of aryl methyl sites for hydroxylation is 1. The van der Waals surface area contributed by atoms with E-state index in [9.17, 15) is 9.59 Å². The van der Waals surface area contributed by atoms with E-state index in [1.807, 2.05) is 30.3 Å². The van der Waals surface area contributed by atoms with Gasteiger partial charge in [0.15, 0.2) is 0 Å². The Morgan fingerprint density at radius 2 is 1.71 bits per heavy atom. The molecule has 0 atom stereocenters. The summed E-state index contributed by atoms with van der Waals surface area (Å²) in [5.74, 6) is -0.818. The first-order valence-corrected chi connectivity index (χ1v) is 9.62. The van der Waals surface area contributed by atoms with Gasteiger partial charge in [-0.2, -0.15) is 0 Å². The molecule has 0 saturated heterocycles. The van der Waals surface area contributed by atoms with Crippen LogP contribution in [-0.2, 0) is 0 Å². The van der Waals surface area contributed by atoms with Gasteiger partial charge in [0.25, 0.3) is 17.5 Å². The monoisotopic (exact) mass is 436 g/mol. The lowest BCUT2D eigenvalue weighted by molar-refractivity contribution is 0.0846. The number of aromatic nitrogens is 2. The summed E-state index contributed by atoms with van der Waals surface area (Å²) >= 11 is 5.93. The highest BCUT2D eigenvalue weighted by atomic mass is 35.5. The maximum atomic E-state index is 13.0. The standard InChI is InChI=1S/C22H17ClN4O4/c1-12-19-16(11-17(24-22(19)31-27-12)13-6-4-3-5-7-13)21(29)26-25-20(28)15-9-8-14(23)10-18(15)30-2/h3-11H,1-2H3,(H,25,28)(H,26,29). The SMILES string of the molecule is COc1cc(Cl)ccc1C(=O)NNC(=O)c1cc(-c2ccccc2)nc2onc(C)c12. The first-order valence-electron chi connectivity index (χ1n) is 9.24. The normalized spacial score (nSPS) is 10.7. The minimum atomic E-state index is -0.558. The fourth-order valence-corrected chi connectivity index (χ4v) is 3.29. The number of nitrogens with one attached hydrogen (secondary N) is 2. The van der Waals surface area contributed by atoms with Crippen LogP contribution in [0.4, 0.5) is 0 Å². The molecule has 0 bridgehead atoms. The van der Waals surface area contributed by atoms with Crippen LogP contribution in [0.15, 0.2) is 59.1 Å². The minimum absolute atomic E-state index is 0.221. The minimum Gasteiger partial charge on any atom is -0.496 e. The van der Waals surface area contributed by atoms with Crippen LogP contribution in [0.2, 0.25) is 5.02 Å². The smallest absolute Gasteiger partial charge is 0.273 e. The lowest BCUT2D eigenvalue weighted by atomic mass is 10.1. The van der Waals surface area contributed by atoms with E-state index in [0.717, 1.165) is 5.56 Å². The first kappa shape index (κ1) is 20.4. The van der Waals surface area contributed by atoms with Crippen molar-refractivity contribution in [2.24, 2.45) is 0 Å². The average Bonchev–Trinajstić information content (AvgIpc) is 3.17. The molecule has 0 spiro atoms. The molecule has 0 fully saturated rings. The highest BCUT2D eigenvalue weighted by Crippen LogP contribution is 2.27. The molecule has 31 heavy (non-hydrogen) atoms. The molecule has 156 valence electrons. The highest BCUT2D eigenvalue weighted by molar-refractivity contribution is 6.30. The lowest BCUT2D eigenvalue weighted by Crippen LogP contribution is -2.41. The van der Waals surface area contributed by atoms with Crippen LogP contribution >= 0.6 is 11.6 Å². The molecular formula is C22H17ClN4O4. The quantitative estimate of drug-likeness (QED) is 0.469. The van der Waals surface area contributed by atoms with Crippen LogP contribution in [0.3, 0.4) is 0 Å². The maximum absolute atomic E-state index is 13.0. The van der Waals surface area contributed by atoms with E-state index in [1.165, 1.54) is 19.2 Å². The molecule has 2 aromatic heterocycles. The van der Waals surface area contributed by atoms with Gasteiger partial charge in [-0.15, -0.1) is 0 Å². The van der Waals surface area contributed by atoms with E-state index in [0.29, 0.717) is 21.8 Å². The average molecular weight is 437 g/mol. The number of methoxy groups -OCH3 is 1. The van der Waals surface area contributed by atoms with Crippen molar-refractivity contribution >= 4 is 34.5 Å². The number of hydrazine groups is 1. The zero-order valence-electron chi connectivity index (χ0n) is 16.6. The number of amides is 2. The second-order valence-corrected chi connectivity index (χ2v) is 7.06. The fraction of sp³-hybridized carbons (Fsp3) is 0.0909. The molecule has 2 aromatic carbocycles. The molecule has 2 heterocycles. The Morgan fingerprint density at radius 1 is 1.00 bits per heavy atom. The molecule has 0 saturated carbocycles. The van der Waals surface area contributed by atoms with Gasteiger partial charge in [-0.25, -0.2) is 4.98 Å². The van der Waals surface area contributed by atoms with Gasteiger partial charge >= 0.3 is 0 Å². The predicted molar refractivity (Wildman–Crippen MR) is 115 cm³/mol. The number of carbonyl (C=O) groups excluding carboxylic acids is 2. The molecule has 2 amide bonds. The number of pyridine rings is 1. The topological polar surface area (TPSA) is 106 Å². The molecule has 0 aliphatic rings. The molecule has 4 rings (SSSR count). The Balaban J connectivity index is 1.63. The number of carbonyl (C=O) groups is 2. The summed E-state index contributed by atoms with van der Waals surface area (Å²) in [6.45, 7) is 1.71. The van der Waals surface area contributed by atoms with Gasteiger partial charge in [0.2, 0.25) is 0 Å². The van der Waals surface area contributed by atoms with Gasteiger partial charge in [-0.05, 0) is 31.2 Å². The summed E-state index contributed by atoms with van der Waals surface area (Å²) < 4.78 is 10.5. The summed E-state index contributed by atoms with van der Waals surface area (Å²) in [4.78, 5) is 30.0. The molecule has 8 nitrogen and oxygen atoms in total. The number of ether oxygens (including phenoxy) is 1. The zero-order chi connectivity index (χ0) is 22.0. The van der Waals surface area contributed by atoms with Gasteiger partial charge in [0.1, 0.15) is 5.75 Å². The third-order valence-electron chi connectivity index (χ3n) is 4.63. The van der Waals surface area contributed by atoms with E-state index in [4.69, 9.17) is 20.9 Å². The van der Waals surface area contributed by atoms with Gasteiger partial charge in [0, 0.05) is 10.6 Å². The first-order chi connectivity index (χ1) is 15.0. The molecule has 0 aliphatic heterocycles. The number of nitrogens with zero attached hydrogens (tertiary/aromatic N) is 2. The predicted octanol–water partition coefficient (Wildman–Crippen LogP) is 3.94. The third-order valence-corrected chi connectivity index (χ3v) is 4.86. The zero-order valence-corrected chi connectivity index (χ0v) is 17.4. The van der Waals surface area contributed by atoms with Crippen molar-refractivity contribution in [1.29, 1.82) is 0 Å². The number of halogens is 1. The van der Waals surface area contributed by atoms with Gasteiger partial charge in [-0.3, -0.25) is 20.4 Å². The van der Waals surface area contributed by atoms with E-state index >= 15 is 0 Å². The van der Waals surface area contributed by atoms with Gasteiger partial charge in [0.05, 0.1) is 35.0 Å². The van der Waals surface area contributed by atoms with Crippen LogP contribution in [0.5, 0.6) is 5.75 Å². The summed E-state index contributed by atoms with van der Waals surface area (Å²) in [7, 11) is 1.43. The number of rotatable bonds is 4.